The van der Waals surface area contributed by atoms with Crippen molar-refractivity contribution < 1.29 is 15.0 Å². The monoisotopic (exact) mass is 269 g/mol. The number of aliphatic carboxylic acids is 1. The molecule has 110 valence electrons. The van der Waals surface area contributed by atoms with E-state index in [4.69, 9.17) is 0 Å². The van der Waals surface area contributed by atoms with Gasteiger partial charge in [-0.05, 0) is 38.6 Å². The predicted molar refractivity (Wildman–Crippen MR) is 74.1 cm³/mol. The molecule has 1 saturated carbocycles. The summed E-state index contributed by atoms with van der Waals surface area (Å²) in [6.45, 7) is 4.15. The summed E-state index contributed by atoms with van der Waals surface area (Å²) < 4.78 is 0. The van der Waals surface area contributed by atoms with E-state index in [9.17, 15) is 15.0 Å². The Hall–Kier alpha value is -0.610. The van der Waals surface area contributed by atoms with Gasteiger partial charge in [0, 0.05) is 13.1 Å². The average molecular weight is 269 g/mol. The highest BCUT2D eigenvalue weighted by atomic mass is 16.4. The van der Waals surface area contributed by atoms with Crippen molar-refractivity contribution in [1.82, 2.24) is 4.90 Å². The Morgan fingerprint density at radius 2 is 1.84 bits per heavy atom. The summed E-state index contributed by atoms with van der Waals surface area (Å²) in [6, 6.07) is 0. The van der Waals surface area contributed by atoms with Crippen LogP contribution in [-0.2, 0) is 4.79 Å². The molecule has 1 unspecified atom stereocenters. The van der Waals surface area contributed by atoms with Crippen molar-refractivity contribution in [3.05, 3.63) is 0 Å². The lowest BCUT2D eigenvalue weighted by atomic mass is 9.76. The van der Waals surface area contributed by atoms with E-state index in [1.165, 1.54) is 6.42 Å². The number of carboxylic acid groups (broad SMARTS) is 1. The summed E-state index contributed by atoms with van der Waals surface area (Å²) in [5.41, 5.74) is -1.17. The second-order valence-electron chi connectivity index (χ2n) is 6.54. The highest BCUT2D eigenvalue weighted by Gasteiger charge is 2.42. The molecule has 1 aliphatic carbocycles. The first-order chi connectivity index (χ1) is 9.00. The van der Waals surface area contributed by atoms with Gasteiger partial charge in [-0.25, -0.2) is 0 Å². The molecule has 1 heterocycles. The number of carboxylic acids is 1. The smallest absolute Gasteiger partial charge is 0.310 e. The van der Waals surface area contributed by atoms with Gasteiger partial charge in [0.2, 0.25) is 0 Å². The SMILES string of the molecule is CCC1(C(=O)O)CCCN(CC2(O)CCCCC2)C1. The molecular formula is C15H27NO3. The standard InChI is InChI=1S/C15H27NO3/c1-2-14(13(17)18)7-6-10-16(11-14)12-15(19)8-4-3-5-9-15/h19H,2-12H2,1H3,(H,17,18). The normalized spacial score (nSPS) is 32.1. The second kappa shape index (κ2) is 5.80. The quantitative estimate of drug-likeness (QED) is 0.822. The Morgan fingerprint density at radius 3 is 2.42 bits per heavy atom. The van der Waals surface area contributed by atoms with E-state index in [1.807, 2.05) is 6.92 Å². The van der Waals surface area contributed by atoms with Crippen LogP contribution >= 0.6 is 0 Å². The Kier molecular flexibility index (Phi) is 4.51. The highest BCUT2D eigenvalue weighted by Crippen LogP contribution is 2.36. The number of rotatable bonds is 4. The van der Waals surface area contributed by atoms with Gasteiger partial charge in [-0.3, -0.25) is 9.69 Å². The molecule has 2 rings (SSSR count). The number of hydrogen-bond donors (Lipinski definition) is 2. The van der Waals surface area contributed by atoms with Crippen LogP contribution in [0.5, 0.6) is 0 Å². The zero-order valence-electron chi connectivity index (χ0n) is 12.0. The van der Waals surface area contributed by atoms with Crippen LogP contribution in [0.25, 0.3) is 0 Å². The molecule has 0 bridgehead atoms. The highest BCUT2D eigenvalue weighted by molar-refractivity contribution is 5.75. The van der Waals surface area contributed by atoms with E-state index in [0.717, 1.165) is 45.1 Å². The van der Waals surface area contributed by atoms with Crippen LogP contribution in [0.15, 0.2) is 0 Å². The Balaban J connectivity index is 1.99. The number of likely N-dealkylation sites (tertiary alicyclic amines) is 1. The second-order valence-corrected chi connectivity index (χ2v) is 6.54. The molecule has 0 aromatic carbocycles. The Morgan fingerprint density at radius 1 is 1.16 bits per heavy atom. The lowest BCUT2D eigenvalue weighted by molar-refractivity contribution is -0.154. The summed E-state index contributed by atoms with van der Waals surface area (Å²) in [7, 11) is 0. The zero-order valence-corrected chi connectivity index (χ0v) is 12.0. The summed E-state index contributed by atoms with van der Waals surface area (Å²) in [6.07, 6.45) is 7.54. The topological polar surface area (TPSA) is 60.8 Å². The van der Waals surface area contributed by atoms with Gasteiger partial charge in [-0.2, -0.15) is 0 Å². The summed E-state index contributed by atoms with van der Waals surface area (Å²) in [4.78, 5) is 13.7. The maximum absolute atomic E-state index is 11.5. The molecule has 2 aliphatic rings. The third-order valence-corrected chi connectivity index (χ3v) is 5.09. The van der Waals surface area contributed by atoms with Gasteiger partial charge < -0.3 is 10.2 Å². The molecule has 0 amide bonds. The predicted octanol–water partition coefficient (Wildman–Crippen LogP) is 2.26. The molecule has 0 aromatic rings. The minimum Gasteiger partial charge on any atom is -0.481 e. The fraction of sp³-hybridized carbons (Fsp3) is 0.933. The van der Waals surface area contributed by atoms with Gasteiger partial charge in [0.15, 0.2) is 0 Å². The molecule has 0 radical (unpaired) electrons. The molecule has 4 heteroatoms. The fourth-order valence-electron chi connectivity index (χ4n) is 3.76. The van der Waals surface area contributed by atoms with Crippen molar-refractivity contribution >= 4 is 5.97 Å². The van der Waals surface area contributed by atoms with E-state index < -0.39 is 17.0 Å². The van der Waals surface area contributed by atoms with Crippen LogP contribution in [-0.4, -0.2) is 46.3 Å². The summed E-state index contributed by atoms with van der Waals surface area (Å²) in [5, 5.41) is 20.1. The van der Waals surface area contributed by atoms with Crippen LogP contribution in [0.4, 0.5) is 0 Å². The molecule has 2 N–H and O–H groups in total. The van der Waals surface area contributed by atoms with Crippen molar-refractivity contribution in [2.75, 3.05) is 19.6 Å². The van der Waals surface area contributed by atoms with Crippen LogP contribution in [0.1, 0.15) is 58.3 Å². The van der Waals surface area contributed by atoms with E-state index in [-0.39, 0.29) is 0 Å². The van der Waals surface area contributed by atoms with Gasteiger partial charge in [0.25, 0.3) is 0 Å². The number of aliphatic hydroxyl groups is 1. The maximum Gasteiger partial charge on any atom is 0.310 e. The summed E-state index contributed by atoms with van der Waals surface area (Å²) >= 11 is 0. The molecule has 1 aliphatic heterocycles. The molecule has 1 atom stereocenters. The van der Waals surface area contributed by atoms with Crippen molar-refractivity contribution in [2.45, 2.75) is 63.9 Å². The first-order valence-corrected chi connectivity index (χ1v) is 7.68. The third-order valence-electron chi connectivity index (χ3n) is 5.09. The average Bonchev–Trinajstić information content (AvgIpc) is 2.39. The van der Waals surface area contributed by atoms with Crippen LogP contribution in [0.2, 0.25) is 0 Å². The van der Waals surface area contributed by atoms with E-state index in [0.29, 0.717) is 19.5 Å². The molecule has 19 heavy (non-hydrogen) atoms. The van der Waals surface area contributed by atoms with Gasteiger partial charge in [0.05, 0.1) is 11.0 Å². The molecule has 0 spiro atoms. The maximum atomic E-state index is 11.5. The third kappa shape index (κ3) is 3.29. The minimum atomic E-state index is -0.671. The lowest BCUT2D eigenvalue weighted by Crippen LogP contribution is -2.53. The van der Waals surface area contributed by atoms with E-state index in [2.05, 4.69) is 4.90 Å². The van der Waals surface area contributed by atoms with Gasteiger partial charge in [-0.15, -0.1) is 0 Å². The summed E-state index contributed by atoms with van der Waals surface area (Å²) in [5.74, 6) is -0.671. The molecule has 0 aromatic heterocycles. The van der Waals surface area contributed by atoms with Crippen molar-refractivity contribution in [2.24, 2.45) is 5.41 Å². The largest absolute Gasteiger partial charge is 0.481 e. The minimum absolute atomic E-state index is 0.576. The first kappa shape index (κ1) is 14.8. The Bertz CT molecular complexity index is 325. The first-order valence-electron chi connectivity index (χ1n) is 7.68. The van der Waals surface area contributed by atoms with Gasteiger partial charge >= 0.3 is 5.97 Å². The number of piperidine rings is 1. The van der Waals surface area contributed by atoms with Crippen molar-refractivity contribution in [3.8, 4) is 0 Å². The van der Waals surface area contributed by atoms with E-state index in [1.54, 1.807) is 0 Å². The number of β-amino-alcohol motifs (C(OH)–C–C–N with tert-alkyl or cyclic N) is 1. The van der Waals surface area contributed by atoms with E-state index >= 15 is 0 Å². The molecule has 2 fully saturated rings. The molecule has 4 nitrogen and oxygen atoms in total. The van der Waals surface area contributed by atoms with Crippen LogP contribution in [0, 0.1) is 5.41 Å². The zero-order chi connectivity index (χ0) is 13.9. The molecular weight excluding hydrogens is 242 g/mol. The number of hydrogen-bond acceptors (Lipinski definition) is 3. The van der Waals surface area contributed by atoms with Crippen molar-refractivity contribution in [1.29, 1.82) is 0 Å². The van der Waals surface area contributed by atoms with Gasteiger partial charge in [0.1, 0.15) is 0 Å². The van der Waals surface area contributed by atoms with Gasteiger partial charge in [-0.1, -0.05) is 26.2 Å². The fourth-order valence-corrected chi connectivity index (χ4v) is 3.76. The van der Waals surface area contributed by atoms with Crippen molar-refractivity contribution in [3.63, 3.8) is 0 Å². The van der Waals surface area contributed by atoms with Crippen LogP contribution < -0.4 is 0 Å². The Labute approximate surface area is 115 Å². The number of nitrogens with zero attached hydrogens (tertiary/aromatic N) is 1. The molecule has 1 saturated heterocycles. The lowest BCUT2D eigenvalue weighted by Gasteiger charge is -2.43. The van der Waals surface area contributed by atoms with Crippen LogP contribution in [0.3, 0.4) is 0 Å². The number of carbonyl (C=O) groups is 1.